The number of fused-ring (bicyclic) bond motifs is 5. The molecule has 1 heteroatoms. The molecular weight excluding hydrogens is 316 g/mol. The first-order valence-corrected chi connectivity index (χ1v) is 9.60. The normalized spacial score (nSPS) is 18.0. The SMILES string of the molecule is O=C1Cc2ccccc2-c2ccc3c(c21)CC[C@H](Cc1ccccc1)C3. The van der Waals surface area contributed by atoms with Crippen molar-refractivity contribution in [3.05, 3.63) is 94.5 Å². The molecule has 0 fully saturated rings. The van der Waals surface area contributed by atoms with E-state index in [1.165, 1.54) is 34.2 Å². The van der Waals surface area contributed by atoms with Crippen LogP contribution in [-0.4, -0.2) is 5.78 Å². The highest BCUT2D eigenvalue weighted by atomic mass is 16.1. The van der Waals surface area contributed by atoms with Gasteiger partial charge in [-0.1, -0.05) is 66.7 Å². The van der Waals surface area contributed by atoms with Crippen LogP contribution in [0.5, 0.6) is 0 Å². The molecule has 0 heterocycles. The van der Waals surface area contributed by atoms with Gasteiger partial charge in [0.1, 0.15) is 0 Å². The van der Waals surface area contributed by atoms with Crippen LogP contribution in [0, 0.1) is 5.92 Å². The highest BCUT2D eigenvalue weighted by Gasteiger charge is 2.29. The number of carbonyl (C=O) groups excluding carboxylic acids is 1. The van der Waals surface area contributed by atoms with Crippen molar-refractivity contribution < 1.29 is 4.79 Å². The number of hydrogen-bond donors (Lipinski definition) is 0. The molecule has 0 saturated carbocycles. The number of Topliss-reactive ketones (excluding diaryl/α,β-unsaturated/α-hetero) is 1. The summed E-state index contributed by atoms with van der Waals surface area (Å²) in [5.74, 6) is 0.978. The van der Waals surface area contributed by atoms with E-state index in [0.717, 1.165) is 30.4 Å². The van der Waals surface area contributed by atoms with E-state index < -0.39 is 0 Å². The second-order valence-electron chi connectivity index (χ2n) is 7.68. The Balaban J connectivity index is 1.50. The molecule has 0 N–H and O–H groups in total. The van der Waals surface area contributed by atoms with Crippen molar-refractivity contribution in [3.63, 3.8) is 0 Å². The van der Waals surface area contributed by atoms with E-state index in [1.54, 1.807) is 0 Å². The quantitative estimate of drug-likeness (QED) is 0.608. The van der Waals surface area contributed by atoms with E-state index in [9.17, 15) is 4.79 Å². The average molecular weight is 338 g/mol. The summed E-state index contributed by atoms with van der Waals surface area (Å²) >= 11 is 0. The molecule has 0 amide bonds. The summed E-state index contributed by atoms with van der Waals surface area (Å²) in [4.78, 5) is 12.9. The Bertz CT molecular complexity index is 984. The smallest absolute Gasteiger partial charge is 0.168 e. The van der Waals surface area contributed by atoms with Crippen molar-refractivity contribution in [3.8, 4) is 11.1 Å². The van der Waals surface area contributed by atoms with Crippen LogP contribution >= 0.6 is 0 Å². The molecule has 0 bridgehead atoms. The molecule has 0 aliphatic heterocycles. The Morgan fingerprint density at radius 1 is 0.808 bits per heavy atom. The van der Waals surface area contributed by atoms with Crippen LogP contribution in [0.15, 0.2) is 66.7 Å². The minimum atomic E-state index is 0.303. The van der Waals surface area contributed by atoms with Crippen molar-refractivity contribution >= 4 is 5.78 Å². The summed E-state index contributed by atoms with van der Waals surface area (Å²) in [6, 6.07) is 23.6. The van der Waals surface area contributed by atoms with Crippen LogP contribution in [0.2, 0.25) is 0 Å². The molecule has 128 valence electrons. The molecule has 0 unspecified atom stereocenters. The molecule has 1 atom stereocenters. The lowest BCUT2D eigenvalue weighted by atomic mass is 9.74. The number of rotatable bonds is 2. The van der Waals surface area contributed by atoms with E-state index in [0.29, 0.717) is 18.1 Å². The van der Waals surface area contributed by atoms with Crippen LogP contribution in [0.3, 0.4) is 0 Å². The van der Waals surface area contributed by atoms with Gasteiger partial charge >= 0.3 is 0 Å². The Kier molecular flexibility index (Phi) is 3.74. The topological polar surface area (TPSA) is 17.1 Å². The summed E-state index contributed by atoms with van der Waals surface area (Å²) in [6.45, 7) is 0. The van der Waals surface area contributed by atoms with E-state index in [2.05, 4.69) is 60.7 Å². The van der Waals surface area contributed by atoms with Crippen LogP contribution in [0.4, 0.5) is 0 Å². The third-order valence-corrected chi connectivity index (χ3v) is 6.03. The van der Waals surface area contributed by atoms with Gasteiger partial charge in [-0.2, -0.15) is 0 Å². The van der Waals surface area contributed by atoms with Gasteiger partial charge in [0.05, 0.1) is 0 Å². The summed E-state index contributed by atoms with van der Waals surface area (Å²) in [5, 5.41) is 0. The molecule has 0 radical (unpaired) electrons. The van der Waals surface area contributed by atoms with Gasteiger partial charge in [-0.3, -0.25) is 4.79 Å². The number of carbonyl (C=O) groups is 1. The molecule has 1 nitrogen and oxygen atoms in total. The molecule has 0 aromatic heterocycles. The Morgan fingerprint density at radius 2 is 1.62 bits per heavy atom. The number of benzene rings is 3. The second-order valence-corrected chi connectivity index (χ2v) is 7.68. The van der Waals surface area contributed by atoms with Gasteiger partial charge in [0.2, 0.25) is 0 Å². The third kappa shape index (κ3) is 2.59. The zero-order valence-electron chi connectivity index (χ0n) is 14.9. The number of hydrogen-bond acceptors (Lipinski definition) is 1. The summed E-state index contributed by atoms with van der Waals surface area (Å²) in [5.41, 5.74) is 8.72. The van der Waals surface area contributed by atoms with E-state index in [1.807, 2.05) is 6.07 Å². The lowest BCUT2D eigenvalue weighted by Gasteiger charge is -2.29. The predicted octanol–water partition coefficient (Wildman–Crippen LogP) is 5.44. The maximum Gasteiger partial charge on any atom is 0.168 e. The lowest BCUT2D eigenvalue weighted by Crippen LogP contribution is -2.22. The van der Waals surface area contributed by atoms with Gasteiger partial charge in [0.15, 0.2) is 5.78 Å². The average Bonchev–Trinajstić information content (AvgIpc) is 2.68. The first-order valence-electron chi connectivity index (χ1n) is 9.60. The van der Waals surface area contributed by atoms with Gasteiger partial charge in [-0.15, -0.1) is 0 Å². The maximum atomic E-state index is 12.9. The zero-order chi connectivity index (χ0) is 17.5. The first kappa shape index (κ1) is 15.6. The second kappa shape index (κ2) is 6.25. The van der Waals surface area contributed by atoms with Crippen LogP contribution in [0.1, 0.15) is 39.0 Å². The lowest BCUT2D eigenvalue weighted by molar-refractivity contribution is 0.0990. The van der Waals surface area contributed by atoms with E-state index in [-0.39, 0.29) is 0 Å². The molecule has 0 spiro atoms. The Labute approximate surface area is 154 Å². The minimum absolute atomic E-state index is 0.303. The van der Waals surface area contributed by atoms with Gasteiger partial charge in [-0.05, 0) is 65.0 Å². The number of ketones is 1. The largest absolute Gasteiger partial charge is 0.294 e. The molecule has 0 saturated heterocycles. The van der Waals surface area contributed by atoms with Crippen molar-refractivity contribution in [1.82, 2.24) is 0 Å². The van der Waals surface area contributed by atoms with Crippen molar-refractivity contribution in [1.29, 1.82) is 0 Å². The van der Waals surface area contributed by atoms with Crippen molar-refractivity contribution in [2.45, 2.75) is 32.1 Å². The van der Waals surface area contributed by atoms with Crippen LogP contribution in [-0.2, 0) is 25.7 Å². The van der Waals surface area contributed by atoms with Gasteiger partial charge in [0, 0.05) is 12.0 Å². The fourth-order valence-corrected chi connectivity index (χ4v) is 4.79. The molecule has 3 aromatic carbocycles. The highest BCUT2D eigenvalue weighted by molar-refractivity contribution is 6.08. The van der Waals surface area contributed by atoms with E-state index in [4.69, 9.17) is 0 Å². The standard InChI is InChI=1S/C25H22O/c26-24-16-19-8-4-5-9-21(19)23-13-11-20-15-18(10-12-22(20)25(23)24)14-17-6-2-1-3-7-17/h1-9,11,13,18H,10,12,14-16H2/t18-/m1/s1. The monoisotopic (exact) mass is 338 g/mol. The molecule has 2 aliphatic rings. The van der Waals surface area contributed by atoms with Crippen molar-refractivity contribution in [2.75, 3.05) is 0 Å². The molecule has 26 heavy (non-hydrogen) atoms. The predicted molar refractivity (Wildman–Crippen MR) is 106 cm³/mol. The summed E-state index contributed by atoms with van der Waals surface area (Å²) in [7, 11) is 0. The Hall–Kier alpha value is -2.67. The summed E-state index contributed by atoms with van der Waals surface area (Å²) in [6.07, 6.45) is 4.98. The van der Waals surface area contributed by atoms with Gasteiger partial charge in [0.25, 0.3) is 0 Å². The minimum Gasteiger partial charge on any atom is -0.294 e. The molecule has 3 aromatic rings. The molecule has 5 rings (SSSR count). The molecule has 2 aliphatic carbocycles. The Morgan fingerprint density at radius 3 is 2.50 bits per heavy atom. The first-order chi connectivity index (χ1) is 12.8. The van der Waals surface area contributed by atoms with Crippen LogP contribution in [0.25, 0.3) is 11.1 Å². The maximum absolute atomic E-state index is 12.9. The fraction of sp³-hybridized carbons (Fsp3) is 0.240. The third-order valence-electron chi connectivity index (χ3n) is 6.03. The summed E-state index contributed by atoms with van der Waals surface area (Å²) < 4.78 is 0. The van der Waals surface area contributed by atoms with Crippen molar-refractivity contribution in [2.24, 2.45) is 5.92 Å². The van der Waals surface area contributed by atoms with Crippen LogP contribution < -0.4 is 0 Å². The fourth-order valence-electron chi connectivity index (χ4n) is 4.79. The van der Waals surface area contributed by atoms with E-state index >= 15 is 0 Å². The highest BCUT2D eigenvalue weighted by Crippen LogP contribution is 2.39. The zero-order valence-corrected chi connectivity index (χ0v) is 14.9. The van der Waals surface area contributed by atoms with Gasteiger partial charge in [-0.25, -0.2) is 0 Å². The molecular formula is C25H22O. The van der Waals surface area contributed by atoms with Gasteiger partial charge < -0.3 is 0 Å².